The molecule has 142 valence electrons. The van der Waals surface area contributed by atoms with Gasteiger partial charge in [-0.3, -0.25) is 0 Å². The Morgan fingerprint density at radius 1 is 1.20 bits per heavy atom. The molecule has 0 saturated carbocycles. The van der Waals surface area contributed by atoms with Gasteiger partial charge in [0.25, 0.3) is 10.1 Å². The third kappa shape index (κ3) is 6.45. The second-order valence-corrected chi connectivity index (χ2v) is 11.0. The van der Waals surface area contributed by atoms with Crippen molar-refractivity contribution in [2.75, 3.05) is 26.2 Å². The van der Waals surface area contributed by atoms with Crippen molar-refractivity contribution in [2.24, 2.45) is 0 Å². The first-order valence-corrected chi connectivity index (χ1v) is 12.5. The van der Waals surface area contributed by atoms with Crippen LogP contribution in [0.15, 0.2) is 24.3 Å². The summed E-state index contributed by atoms with van der Waals surface area (Å²) >= 11 is 1.70. The van der Waals surface area contributed by atoms with Crippen LogP contribution in [0.5, 0.6) is 5.75 Å². The fourth-order valence-electron chi connectivity index (χ4n) is 2.61. The van der Waals surface area contributed by atoms with E-state index in [4.69, 9.17) is 8.92 Å². The number of thioether (sulfide) groups is 1. The van der Waals surface area contributed by atoms with Gasteiger partial charge in [0, 0.05) is 23.8 Å². The number of ether oxygens (including phenoxy) is 1. The van der Waals surface area contributed by atoms with Crippen molar-refractivity contribution >= 4 is 31.7 Å². The van der Waals surface area contributed by atoms with E-state index in [1.807, 2.05) is 24.3 Å². The lowest BCUT2D eigenvalue weighted by Crippen LogP contribution is -2.42. The number of rotatable bonds is 8. The standard InChI is InChI=1S/C15H23NO6S3/c1-21-12-6-4-11(5-7-12)10-23-13-8-14(16-9-13)15(24(2,17)18)22-25(3,19)20/h4-7,13-16H,8-10H2,1-3H3/t13-,14+,15?/m1/s1. The van der Waals surface area contributed by atoms with Crippen molar-refractivity contribution in [1.82, 2.24) is 5.32 Å². The van der Waals surface area contributed by atoms with E-state index in [9.17, 15) is 16.8 Å². The highest BCUT2D eigenvalue weighted by Crippen LogP contribution is 2.28. The molecule has 0 radical (unpaired) electrons. The largest absolute Gasteiger partial charge is 0.497 e. The van der Waals surface area contributed by atoms with Gasteiger partial charge in [-0.1, -0.05) is 12.1 Å². The summed E-state index contributed by atoms with van der Waals surface area (Å²) in [4.78, 5) is 0. The molecule has 0 amide bonds. The van der Waals surface area contributed by atoms with Crippen LogP contribution in [0.1, 0.15) is 12.0 Å². The van der Waals surface area contributed by atoms with Crippen molar-refractivity contribution in [3.05, 3.63) is 29.8 Å². The number of benzene rings is 1. The number of hydrogen-bond donors (Lipinski definition) is 1. The van der Waals surface area contributed by atoms with Crippen molar-refractivity contribution in [3.63, 3.8) is 0 Å². The Hall–Kier alpha value is -0.810. The topological polar surface area (TPSA) is 98.8 Å². The first-order chi connectivity index (χ1) is 11.6. The maximum atomic E-state index is 11.9. The van der Waals surface area contributed by atoms with Gasteiger partial charge in [-0.05, 0) is 24.1 Å². The summed E-state index contributed by atoms with van der Waals surface area (Å²) in [6, 6.07) is 7.21. The molecule has 0 aromatic heterocycles. The average molecular weight is 410 g/mol. The SMILES string of the molecule is COc1ccc(CS[C@H]2CN[C@H](C(OS(C)(=O)=O)S(C)(=O)=O)C2)cc1. The third-order valence-electron chi connectivity index (χ3n) is 3.79. The predicted octanol–water partition coefficient (Wildman–Crippen LogP) is 1.01. The minimum atomic E-state index is -3.86. The zero-order chi connectivity index (χ0) is 18.7. The van der Waals surface area contributed by atoms with Gasteiger partial charge in [0.15, 0.2) is 15.3 Å². The normalized spacial score (nSPS) is 22.7. The maximum Gasteiger partial charge on any atom is 0.265 e. The van der Waals surface area contributed by atoms with Crippen LogP contribution in [0.25, 0.3) is 0 Å². The summed E-state index contributed by atoms with van der Waals surface area (Å²) < 4.78 is 56.5. The van der Waals surface area contributed by atoms with Crippen molar-refractivity contribution in [1.29, 1.82) is 0 Å². The highest BCUT2D eigenvalue weighted by atomic mass is 32.2. The molecule has 7 nitrogen and oxygen atoms in total. The molecule has 0 bridgehead atoms. The van der Waals surface area contributed by atoms with E-state index >= 15 is 0 Å². The van der Waals surface area contributed by atoms with E-state index < -0.39 is 31.4 Å². The molecule has 1 fully saturated rings. The van der Waals surface area contributed by atoms with Crippen molar-refractivity contribution < 1.29 is 25.8 Å². The molecule has 1 aromatic carbocycles. The Balaban J connectivity index is 1.94. The lowest BCUT2D eigenvalue weighted by atomic mass is 10.2. The van der Waals surface area contributed by atoms with E-state index in [0.29, 0.717) is 13.0 Å². The maximum absolute atomic E-state index is 11.9. The Morgan fingerprint density at radius 2 is 1.84 bits per heavy atom. The summed E-state index contributed by atoms with van der Waals surface area (Å²) in [7, 11) is -5.91. The summed E-state index contributed by atoms with van der Waals surface area (Å²) in [5.41, 5.74) is -0.254. The lowest BCUT2D eigenvalue weighted by molar-refractivity contribution is 0.240. The molecular weight excluding hydrogens is 386 g/mol. The summed E-state index contributed by atoms with van der Waals surface area (Å²) in [6.45, 7) is 0.602. The molecule has 0 spiro atoms. The van der Waals surface area contributed by atoms with Crippen LogP contribution in [0.3, 0.4) is 0 Å². The van der Waals surface area contributed by atoms with Gasteiger partial charge in [0.1, 0.15) is 5.75 Å². The molecule has 0 aliphatic carbocycles. The molecule has 1 aliphatic heterocycles. The van der Waals surface area contributed by atoms with Crippen molar-refractivity contribution in [2.45, 2.75) is 28.9 Å². The van der Waals surface area contributed by atoms with Crippen LogP contribution in [0, 0.1) is 0 Å². The first-order valence-electron chi connectivity index (χ1n) is 7.63. The van der Waals surface area contributed by atoms with Gasteiger partial charge in [-0.25, -0.2) is 12.6 Å². The summed E-state index contributed by atoms with van der Waals surface area (Å²) in [5, 5.41) is 3.26. The molecule has 1 heterocycles. The molecule has 25 heavy (non-hydrogen) atoms. The molecule has 1 N–H and O–H groups in total. The van der Waals surface area contributed by atoms with Gasteiger partial charge < -0.3 is 10.1 Å². The van der Waals surface area contributed by atoms with Crippen LogP contribution >= 0.6 is 11.8 Å². The van der Waals surface area contributed by atoms with E-state index in [-0.39, 0.29) is 5.25 Å². The zero-order valence-corrected chi connectivity index (χ0v) is 16.8. The van der Waals surface area contributed by atoms with E-state index in [1.165, 1.54) is 0 Å². The zero-order valence-electron chi connectivity index (χ0n) is 14.3. The van der Waals surface area contributed by atoms with Gasteiger partial charge in [0.05, 0.1) is 19.4 Å². The highest BCUT2D eigenvalue weighted by molar-refractivity contribution is 7.99. The lowest BCUT2D eigenvalue weighted by Gasteiger charge is -2.21. The first kappa shape index (κ1) is 20.5. The fraction of sp³-hybridized carbons (Fsp3) is 0.600. The Labute approximate surface area is 153 Å². The van der Waals surface area contributed by atoms with E-state index in [2.05, 4.69) is 5.32 Å². The van der Waals surface area contributed by atoms with Gasteiger partial charge in [-0.2, -0.15) is 20.2 Å². The minimum Gasteiger partial charge on any atom is -0.497 e. The molecule has 1 aliphatic rings. The predicted molar refractivity (Wildman–Crippen MR) is 99.0 cm³/mol. The second-order valence-electron chi connectivity index (χ2n) is 6.03. The van der Waals surface area contributed by atoms with E-state index in [0.717, 1.165) is 29.6 Å². The van der Waals surface area contributed by atoms with Crippen LogP contribution in [0.2, 0.25) is 0 Å². The molecule has 2 rings (SSSR count). The third-order valence-corrected chi connectivity index (χ3v) is 7.07. The molecular formula is C15H23NO6S3. The molecule has 1 aromatic rings. The Bertz CT molecular complexity index is 776. The summed E-state index contributed by atoms with van der Waals surface area (Å²) in [5.74, 6) is 1.57. The minimum absolute atomic E-state index is 0.180. The van der Waals surface area contributed by atoms with Crippen molar-refractivity contribution in [3.8, 4) is 5.75 Å². The summed E-state index contributed by atoms with van der Waals surface area (Å²) in [6.07, 6.45) is 2.37. The molecule has 3 atom stereocenters. The van der Waals surface area contributed by atoms with Crippen LogP contribution in [-0.4, -0.2) is 59.7 Å². The monoisotopic (exact) mass is 409 g/mol. The van der Waals surface area contributed by atoms with Gasteiger partial charge in [-0.15, -0.1) is 0 Å². The Kier molecular flexibility index (Phi) is 6.77. The average Bonchev–Trinajstić information content (AvgIpc) is 2.98. The number of sulfone groups is 1. The van der Waals surface area contributed by atoms with Crippen LogP contribution in [-0.2, 0) is 29.9 Å². The van der Waals surface area contributed by atoms with E-state index in [1.54, 1.807) is 18.9 Å². The molecule has 1 unspecified atom stereocenters. The van der Waals surface area contributed by atoms with Gasteiger partial charge >= 0.3 is 0 Å². The smallest absolute Gasteiger partial charge is 0.265 e. The second kappa shape index (κ2) is 8.26. The number of hydrogen-bond acceptors (Lipinski definition) is 8. The highest BCUT2D eigenvalue weighted by Gasteiger charge is 2.39. The quantitative estimate of drug-likeness (QED) is 0.635. The molecule has 1 saturated heterocycles. The van der Waals surface area contributed by atoms with Gasteiger partial charge in [0.2, 0.25) is 0 Å². The Morgan fingerprint density at radius 3 is 2.36 bits per heavy atom. The molecule has 10 heteroatoms. The van der Waals surface area contributed by atoms with Crippen LogP contribution in [0.4, 0.5) is 0 Å². The van der Waals surface area contributed by atoms with Crippen LogP contribution < -0.4 is 10.1 Å². The number of nitrogens with one attached hydrogen (secondary N) is 1. The number of methoxy groups -OCH3 is 1. The fourth-order valence-corrected chi connectivity index (χ4v) is 6.07.